The third-order valence-corrected chi connectivity index (χ3v) is 2.49. The van der Waals surface area contributed by atoms with E-state index >= 15 is 0 Å². The molecule has 1 fully saturated rings. The summed E-state index contributed by atoms with van der Waals surface area (Å²) in [6, 6.07) is 0. The van der Waals surface area contributed by atoms with Gasteiger partial charge in [-0.25, -0.2) is 4.68 Å². The zero-order chi connectivity index (χ0) is 10.5. The summed E-state index contributed by atoms with van der Waals surface area (Å²) in [5.74, 6) is 0. The Kier molecular flexibility index (Phi) is 3.53. The van der Waals surface area contributed by atoms with Crippen LogP contribution in [0.3, 0.4) is 0 Å². The molecule has 1 atom stereocenters. The average Bonchev–Trinajstić information content (AvgIpc) is 2.76. The molecular formula is C11H16N2O2. The molecule has 15 heavy (non-hydrogen) atoms. The van der Waals surface area contributed by atoms with Crippen LogP contribution in [0.15, 0.2) is 18.5 Å². The second-order valence-electron chi connectivity index (χ2n) is 3.66. The smallest absolute Gasteiger partial charge is 0.150 e. The van der Waals surface area contributed by atoms with Crippen LogP contribution in [0.1, 0.15) is 31.1 Å². The lowest BCUT2D eigenvalue weighted by Gasteiger charge is -2.22. The molecule has 0 saturated carbocycles. The Bertz CT molecular complexity index is 327. The molecule has 1 N–H and O–H groups in total. The van der Waals surface area contributed by atoms with E-state index in [1.165, 1.54) is 6.42 Å². The van der Waals surface area contributed by atoms with Crippen LogP contribution in [0, 0.1) is 0 Å². The molecule has 0 unspecified atom stereocenters. The molecule has 2 rings (SSSR count). The van der Waals surface area contributed by atoms with Crippen molar-refractivity contribution in [1.82, 2.24) is 9.78 Å². The zero-order valence-electron chi connectivity index (χ0n) is 8.67. The van der Waals surface area contributed by atoms with Crippen LogP contribution in [0.4, 0.5) is 0 Å². The number of rotatable bonds is 3. The SMILES string of the molecule is OCC=Cc1cnn([C@@H]2CCCCO2)c1. The van der Waals surface area contributed by atoms with Gasteiger partial charge in [0.1, 0.15) is 6.23 Å². The summed E-state index contributed by atoms with van der Waals surface area (Å²) in [6.07, 6.45) is 10.8. The molecule has 0 radical (unpaired) electrons. The lowest BCUT2D eigenvalue weighted by atomic mass is 10.2. The number of ether oxygens (including phenoxy) is 1. The molecule has 1 aliphatic rings. The first-order chi connectivity index (χ1) is 7.40. The molecular weight excluding hydrogens is 192 g/mol. The number of nitrogens with zero attached hydrogens (tertiary/aromatic N) is 2. The van der Waals surface area contributed by atoms with E-state index in [1.807, 2.05) is 17.0 Å². The summed E-state index contributed by atoms with van der Waals surface area (Å²) in [5.41, 5.74) is 0.998. The number of hydrogen-bond donors (Lipinski definition) is 1. The highest BCUT2D eigenvalue weighted by Crippen LogP contribution is 2.21. The van der Waals surface area contributed by atoms with Crippen LogP contribution >= 0.6 is 0 Å². The zero-order valence-corrected chi connectivity index (χ0v) is 8.67. The number of aromatic nitrogens is 2. The van der Waals surface area contributed by atoms with Gasteiger partial charge < -0.3 is 9.84 Å². The predicted octanol–water partition coefficient (Wildman–Crippen LogP) is 1.59. The van der Waals surface area contributed by atoms with Gasteiger partial charge in [-0.3, -0.25) is 0 Å². The minimum absolute atomic E-state index is 0.0606. The van der Waals surface area contributed by atoms with Crippen molar-refractivity contribution < 1.29 is 9.84 Å². The summed E-state index contributed by atoms with van der Waals surface area (Å²) in [5, 5.41) is 12.9. The normalized spacial score (nSPS) is 22.3. The van der Waals surface area contributed by atoms with Crippen molar-refractivity contribution in [3.05, 3.63) is 24.0 Å². The fourth-order valence-electron chi connectivity index (χ4n) is 1.72. The molecule has 0 amide bonds. The molecule has 1 saturated heterocycles. The highest BCUT2D eigenvalue weighted by Gasteiger charge is 2.15. The Morgan fingerprint density at radius 2 is 2.53 bits per heavy atom. The van der Waals surface area contributed by atoms with E-state index < -0.39 is 0 Å². The maximum absolute atomic E-state index is 8.64. The Morgan fingerprint density at radius 3 is 3.27 bits per heavy atom. The van der Waals surface area contributed by atoms with E-state index in [9.17, 15) is 0 Å². The lowest BCUT2D eigenvalue weighted by molar-refractivity contribution is -0.0394. The highest BCUT2D eigenvalue weighted by atomic mass is 16.5. The van der Waals surface area contributed by atoms with Gasteiger partial charge in [0.25, 0.3) is 0 Å². The van der Waals surface area contributed by atoms with Gasteiger partial charge in [0.05, 0.1) is 12.8 Å². The van der Waals surface area contributed by atoms with Gasteiger partial charge in [-0.1, -0.05) is 12.2 Å². The topological polar surface area (TPSA) is 47.3 Å². The maximum Gasteiger partial charge on any atom is 0.150 e. The molecule has 1 aromatic rings. The molecule has 82 valence electrons. The summed E-state index contributed by atoms with van der Waals surface area (Å²) in [4.78, 5) is 0. The number of hydrogen-bond acceptors (Lipinski definition) is 3. The van der Waals surface area contributed by atoms with E-state index in [-0.39, 0.29) is 12.8 Å². The first-order valence-electron chi connectivity index (χ1n) is 5.33. The molecule has 0 aromatic carbocycles. The highest BCUT2D eigenvalue weighted by molar-refractivity contribution is 5.46. The van der Waals surface area contributed by atoms with Gasteiger partial charge in [0, 0.05) is 18.4 Å². The van der Waals surface area contributed by atoms with Gasteiger partial charge in [-0.05, 0) is 19.3 Å². The summed E-state index contributed by atoms with van der Waals surface area (Å²) >= 11 is 0. The van der Waals surface area contributed by atoms with Crippen LogP contribution in [-0.2, 0) is 4.74 Å². The van der Waals surface area contributed by atoms with Crippen molar-refractivity contribution >= 4 is 6.08 Å². The van der Waals surface area contributed by atoms with Crippen LogP contribution in [0.5, 0.6) is 0 Å². The molecule has 0 bridgehead atoms. The van der Waals surface area contributed by atoms with Crippen molar-refractivity contribution in [2.75, 3.05) is 13.2 Å². The van der Waals surface area contributed by atoms with E-state index in [1.54, 1.807) is 12.3 Å². The number of aliphatic hydroxyl groups is 1. The van der Waals surface area contributed by atoms with Crippen LogP contribution in [0.25, 0.3) is 6.08 Å². The van der Waals surface area contributed by atoms with Gasteiger partial charge in [-0.2, -0.15) is 5.10 Å². The minimum Gasteiger partial charge on any atom is -0.392 e. The summed E-state index contributed by atoms with van der Waals surface area (Å²) < 4.78 is 7.47. The van der Waals surface area contributed by atoms with Gasteiger partial charge >= 0.3 is 0 Å². The van der Waals surface area contributed by atoms with Crippen molar-refractivity contribution in [3.63, 3.8) is 0 Å². The molecule has 4 heteroatoms. The monoisotopic (exact) mass is 208 g/mol. The summed E-state index contributed by atoms with van der Waals surface area (Å²) in [7, 11) is 0. The van der Waals surface area contributed by atoms with E-state index in [4.69, 9.17) is 9.84 Å². The van der Waals surface area contributed by atoms with Crippen molar-refractivity contribution in [2.24, 2.45) is 0 Å². The first kappa shape index (κ1) is 10.4. The Hall–Kier alpha value is -1.13. The minimum atomic E-state index is 0.0606. The first-order valence-corrected chi connectivity index (χ1v) is 5.33. The fourth-order valence-corrected chi connectivity index (χ4v) is 1.72. The van der Waals surface area contributed by atoms with Crippen LogP contribution < -0.4 is 0 Å². The van der Waals surface area contributed by atoms with Gasteiger partial charge in [-0.15, -0.1) is 0 Å². The van der Waals surface area contributed by atoms with Gasteiger partial charge in [0.2, 0.25) is 0 Å². The second kappa shape index (κ2) is 5.09. The number of aliphatic hydroxyl groups excluding tert-OH is 1. The van der Waals surface area contributed by atoms with Gasteiger partial charge in [0.15, 0.2) is 0 Å². The molecule has 4 nitrogen and oxygen atoms in total. The Labute approximate surface area is 89.2 Å². The van der Waals surface area contributed by atoms with E-state index in [0.29, 0.717) is 0 Å². The molecule has 1 aromatic heterocycles. The molecule has 1 aliphatic heterocycles. The van der Waals surface area contributed by atoms with E-state index in [2.05, 4.69) is 5.10 Å². The largest absolute Gasteiger partial charge is 0.392 e. The second-order valence-corrected chi connectivity index (χ2v) is 3.66. The third kappa shape index (κ3) is 2.67. The lowest BCUT2D eigenvalue weighted by Crippen LogP contribution is -2.18. The van der Waals surface area contributed by atoms with Crippen molar-refractivity contribution in [3.8, 4) is 0 Å². The standard InChI is InChI=1S/C11H16N2O2/c14-6-3-4-10-8-12-13(9-10)11-5-1-2-7-15-11/h3-4,8-9,11,14H,1-2,5-7H2/t11-/m0/s1. The average molecular weight is 208 g/mol. The quantitative estimate of drug-likeness (QED) is 0.820. The fraction of sp³-hybridized carbons (Fsp3) is 0.545. The van der Waals surface area contributed by atoms with E-state index in [0.717, 1.165) is 25.0 Å². The van der Waals surface area contributed by atoms with Crippen molar-refractivity contribution in [2.45, 2.75) is 25.5 Å². The predicted molar refractivity (Wildman–Crippen MR) is 57.2 cm³/mol. The molecule has 0 spiro atoms. The van der Waals surface area contributed by atoms with Crippen LogP contribution in [0.2, 0.25) is 0 Å². The maximum atomic E-state index is 8.64. The molecule has 0 aliphatic carbocycles. The Balaban J connectivity index is 2.02. The van der Waals surface area contributed by atoms with Crippen LogP contribution in [-0.4, -0.2) is 28.1 Å². The molecule has 2 heterocycles. The summed E-state index contributed by atoms with van der Waals surface area (Å²) in [6.45, 7) is 0.886. The van der Waals surface area contributed by atoms with Crippen molar-refractivity contribution in [1.29, 1.82) is 0 Å². The third-order valence-electron chi connectivity index (χ3n) is 2.49. The Morgan fingerprint density at radius 1 is 1.60 bits per heavy atom.